The first-order valence-corrected chi connectivity index (χ1v) is 3.67. The molecule has 0 saturated carbocycles. The number of carbonyl (C=O) groups excluding carboxylic acids is 2. The number of hydrogen-bond donors (Lipinski definition) is 4. The minimum atomic E-state index is -1.22. The Morgan fingerprint density at radius 3 is 2.36 bits per heavy atom. The molecule has 0 radical (unpaired) electrons. The van der Waals surface area contributed by atoms with E-state index in [0.717, 1.165) is 12.2 Å². The van der Waals surface area contributed by atoms with E-state index in [1.54, 1.807) is 0 Å². The van der Waals surface area contributed by atoms with E-state index in [0.29, 0.717) is 0 Å². The Morgan fingerprint density at radius 1 is 1.36 bits per heavy atom. The molecule has 0 aromatic rings. The number of hydrogen-bond acceptors (Lipinski definition) is 4. The van der Waals surface area contributed by atoms with Crippen LogP contribution in [0.3, 0.4) is 0 Å². The standard InChI is InChI=1S/C7H11N3O4/c8-4(7(13)14)3-10-6(12)2-1-5(9)11/h1-2,4H,3,8H2,(H2,9,11)(H,10,12)(H,13,14)/t4-/m0/s1. The summed E-state index contributed by atoms with van der Waals surface area (Å²) in [5.74, 6) is -2.60. The van der Waals surface area contributed by atoms with Crippen molar-refractivity contribution in [2.75, 3.05) is 6.54 Å². The molecule has 0 bridgehead atoms. The van der Waals surface area contributed by atoms with Crippen molar-refractivity contribution in [1.29, 1.82) is 0 Å². The van der Waals surface area contributed by atoms with Crippen molar-refractivity contribution >= 4 is 17.8 Å². The molecule has 0 aliphatic carbocycles. The Bertz CT molecular complexity index is 274. The molecule has 0 aromatic carbocycles. The number of carbonyl (C=O) groups is 3. The third-order valence-corrected chi connectivity index (χ3v) is 1.21. The zero-order valence-corrected chi connectivity index (χ0v) is 7.27. The van der Waals surface area contributed by atoms with E-state index in [1.165, 1.54) is 0 Å². The van der Waals surface area contributed by atoms with Gasteiger partial charge in [-0.15, -0.1) is 0 Å². The van der Waals surface area contributed by atoms with Gasteiger partial charge in [0.25, 0.3) is 0 Å². The van der Waals surface area contributed by atoms with E-state index < -0.39 is 23.8 Å². The van der Waals surface area contributed by atoms with Crippen molar-refractivity contribution in [2.45, 2.75) is 6.04 Å². The third kappa shape index (κ3) is 5.72. The Labute approximate surface area is 79.7 Å². The summed E-state index contributed by atoms with van der Waals surface area (Å²) in [6, 6.07) is -1.17. The summed E-state index contributed by atoms with van der Waals surface area (Å²) in [7, 11) is 0. The van der Waals surface area contributed by atoms with Crippen LogP contribution in [0.25, 0.3) is 0 Å². The average Bonchev–Trinajstić information content (AvgIpc) is 2.10. The van der Waals surface area contributed by atoms with Gasteiger partial charge in [-0.05, 0) is 0 Å². The van der Waals surface area contributed by atoms with Gasteiger partial charge in [-0.1, -0.05) is 0 Å². The molecule has 0 spiro atoms. The van der Waals surface area contributed by atoms with Crippen LogP contribution in [-0.2, 0) is 14.4 Å². The first-order chi connectivity index (χ1) is 6.43. The number of carboxylic acids is 1. The lowest BCUT2D eigenvalue weighted by Crippen LogP contribution is -2.42. The van der Waals surface area contributed by atoms with E-state index in [-0.39, 0.29) is 6.54 Å². The average molecular weight is 201 g/mol. The number of carboxylic acid groups (broad SMARTS) is 1. The van der Waals surface area contributed by atoms with Gasteiger partial charge in [0, 0.05) is 18.7 Å². The van der Waals surface area contributed by atoms with Crippen molar-refractivity contribution in [1.82, 2.24) is 5.32 Å². The van der Waals surface area contributed by atoms with Crippen LogP contribution in [0.4, 0.5) is 0 Å². The summed E-state index contributed by atoms with van der Waals surface area (Å²) in [5.41, 5.74) is 9.81. The van der Waals surface area contributed by atoms with Crippen LogP contribution in [0.2, 0.25) is 0 Å². The highest BCUT2D eigenvalue weighted by Gasteiger charge is 2.11. The van der Waals surface area contributed by atoms with E-state index in [1.807, 2.05) is 0 Å². The molecular formula is C7H11N3O4. The molecule has 0 aromatic heterocycles. The summed E-state index contributed by atoms with van der Waals surface area (Å²) >= 11 is 0. The second-order valence-corrected chi connectivity index (χ2v) is 2.43. The largest absolute Gasteiger partial charge is 0.480 e. The summed E-state index contributed by atoms with van der Waals surface area (Å²) in [6.45, 7) is -0.211. The minimum absolute atomic E-state index is 0.211. The molecule has 0 aliphatic rings. The molecule has 6 N–H and O–H groups in total. The zero-order chi connectivity index (χ0) is 11.1. The molecule has 7 heteroatoms. The number of aliphatic carboxylic acids is 1. The normalized spacial score (nSPS) is 12.4. The summed E-state index contributed by atoms with van der Waals surface area (Å²) in [6.07, 6.45) is 1.76. The molecule has 78 valence electrons. The van der Waals surface area contributed by atoms with Gasteiger partial charge in [0.15, 0.2) is 0 Å². The Morgan fingerprint density at radius 2 is 1.93 bits per heavy atom. The van der Waals surface area contributed by atoms with Crippen LogP contribution in [0.1, 0.15) is 0 Å². The number of primary amides is 1. The maximum atomic E-state index is 10.8. The smallest absolute Gasteiger partial charge is 0.322 e. The van der Waals surface area contributed by atoms with Gasteiger partial charge in [-0.25, -0.2) is 0 Å². The molecule has 14 heavy (non-hydrogen) atoms. The molecule has 2 amide bonds. The van der Waals surface area contributed by atoms with E-state index >= 15 is 0 Å². The monoisotopic (exact) mass is 201 g/mol. The van der Waals surface area contributed by atoms with Gasteiger partial charge < -0.3 is 21.9 Å². The highest BCUT2D eigenvalue weighted by atomic mass is 16.4. The van der Waals surface area contributed by atoms with Gasteiger partial charge >= 0.3 is 5.97 Å². The summed E-state index contributed by atoms with van der Waals surface area (Å²) < 4.78 is 0. The molecule has 0 unspecified atom stereocenters. The van der Waals surface area contributed by atoms with Crippen molar-refractivity contribution in [3.8, 4) is 0 Å². The van der Waals surface area contributed by atoms with Gasteiger partial charge in [0.05, 0.1) is 0 Å². The zero-order valence-electron chi connectivity index (χ0n) is 7.27. The Balaban J connectivity index is 3.86. The topological polar surface area (TPSA) is 136 Å². The Kier molecular flexibility index (Phi) is 4.93. The molecular weight excluding hydrogens is 190 g/mol. The minimum Gasteiger partial charge on any atom is -0.480 e. The molecule has 0 saturated heterocycles. The van der Waals surface area contributed by atoms with E-state index in [9.17, 15) is 14.4 Å². The predicted molar refractivity (Wildman–Crippen MR) is 47.0 cm³/mol. The van der Waals surface area contributed by atoms with Crippen molar-refractivity contribution in [3.63, 3.8) is 0 Å². The maximum Gasteiger partial charge on any atom is 0.322 e. The van der Waals surface area contributed by atoms with E-state index in [4.69, 9.17) is 16.6 Å². The van der Waals surface area contributed by atoms with Crippen LogP contribution in [-0.4, -0.2) is 35.5 Å². The van der Waals surface area contributed by atoms with Crippen LogP contribution in [0, 0.1) is 0 Å². The second kappa shape index (κ2) is 5.70. The number of rotatable bonds is 5. The molecule has 0 heterocycles. The molecule has 0 fully saturated rings. The van der Waals surface area contributed by atoms with E-state index in [2.05, 4.69) is 5.32 Å². The number of nitrogens with two attached hydrogens (primary N) is 2. The molecule has 0 aliphatic heterocycles. The van der Waals surface area contributed by atoms with Crippen LogP contribution in [0.15, 0.2) is 12.2 Å². The lowest BCUT2D eigenvalue weighted by atomic mass is 10.3. The maximum absolute atomic E-state index is 10.8. The highest BCUT2D eigenvalue weighted by Crippen LogP contribution is 1.77. The highest BCUT2D eigenvalue weighted by molar-refractivity contribution is 5.96. The second-order valence-electron chi connectivity index (χ2n) is 2.43. The van der Waals surface area contributed by atoms with Crippen LogP contribution in [0.5, 0.6) is 0 Å². The third-order valence-electron chi connectivity index (χ3n) is 1.21. The van der Waals surface area contributed by atoms with Gasteiger partial charge in [0.1, 0.15) is 6.04 Å². The SMILES string of the molecule is NC(=O)C=CC(=O)NC[C@H](N)C(=O)O. The molecule has 0 rings (SSSR count). The van der Waals surface area contributed by atoms with Crippen molar-refractivity contribution in [2.24, 2.45) is 11.5 Å². The first kappa shape index (κ1) is 12.1. The molecule has 1 atom stereocenters. The lowest BCUT2D eigenvalue weighted by molar-refractivity contribution is -0.138. The quantitative estimate of drug-likeness (QED) is 0.366. The summed E-state index contributed by atoms with van der Waals surface area (Å²) in [5, 5.41) is 10.5. The van der Waals surface area contributed by atoms with Crippen molar-refractivity contribution in [3.05, 3.63) is 12.2 Å². The lowest BCUT2D eigenvalue weighted by Gasteiger charge is -2.05. The number of amides is 2. The fourth-order valence-electron chi connectivity index (χ4n) is 0.515. The predicted octanol–water partition coefficient (Wildman–Crippen LogP) is -2.44. The fourth-order valence-corrected chi connectivity index (χ4v) is 0.515. The first-order valence-electron chi connectivity index (χ1n) is 3.67. The Hall–Kier alpha value is -1.89. The van der Waals surface area contributed by atoms with Crippen LogP contribution < -0.4 is 16.8 Å². The fraction of sp³-hybridized carbons (Fsp3) is 0.286. The van der Waals surface area contributed by atoms with Crippen molar-refractivity contribution < 1.29 is 19.5 Å². The van der Waals surface area contributed by atoms with Gasteiger partial charge in [0.2, 0.25) is 11.8 Å². The number of nitrogens with one attached hydrogen (secondary N) is 1. The van der Waals surface area contributed by atoms with Gasteiger partial charge in [-0.3, -0.25) is 14.4 Å². The molecule has 7 nitrogen and oxygen atoms in total. The summed E-state index contributed by atoms with van der Waals surface area (Å²) in [4.78, 5) is 31.2. The van der Waals surface area contributed by atoms with Crippen LogP contribution >= 0.6 is 0 Å². The van der Waals surface area contributed by atoms with Gasteiger partial charge in [-0.2, -0.15) is 0 Å².